The highest BCUT2D eigenvalue weighted by Gasteiger charge is 2.44. The van der Waals surface area contributed by atoms with E-state index in [4.69, 9.17) is 19.1 Å². The molecule has 210 valence electrons. The quantitative estimate of drug-likeness (QED) is 0.0680. The number of aryl methyl sites for hydroxylation is 1. The molecule has 6 nitrogen and oxygen atoms in total. The normalized spacial score (nSPS) is 12.5. The molecule has 4 aromatic rings. The standard InChI is InChI=1S/C30H42N4O2S2Si/c1-20(2)39(21(3)4,22(5)6)36-16-9-10-27-33-28(24-12-11-23-14-17-38-26(23)18-24)29(34(27)19-35-7)25-13-15-31-30(32-25)37-8/h11-15,17-18,20-22H,9-10,16,19H2,1-8H3. The van der Waals surface area contributed by atoms with Gasteiger partial charge in [0, 0.05) is 36.6 Å². The highest BCUT2D eigenvalue weighted by atomic mass is 32.2. The minimum absolute atomic E-state index is 0.404. The number of thiophene rings is 1. The van der Waals surface area contributed by atoms with Gasteiger partial charge in [0.25, 0.3) is 0 Å². The lowest BCUT2D eigenvalue weighted by Gasteiger charge is -2.42. The second-order valence-electron chi connectivity index (χ2n) is 10.9. The molecule has 0 bridgehead atoms. The molecule has 0 atom stereocenters. The van der Waals surface area contributed by atoms with Crippen LogP contribution in [0.15, 0.2) is 47.1 Å². The lowest BCUT2D eigenvalue weighted by molar-refractivity contribution is 0.129. The molecule has 0 unspecified atom stereocenters. The van der Waals surface area contributed by atoms with Crippen LogP contribution in [0.2, 0.25) is 16.6 Å². The lowest BCUT2D eigenvalue weighted by atomic mass is 10.1. The Morgan fingerprint density at radius 1 is 1.00 bits per heavy atom. The van der Waals surface area contributed by atoms with Gasteiger partial charge in [0.1, 0.15) is 12.6 Å². The molecule has 9 heteroatoms. The maximum Gasteiger partial charge on any atom is 0.200 e. The molecule has 3 heterocycles. The van der Waals surface area contributed by atoms with Crippen LogP contribution in [0.3, 0.4) is 0 Å². The van der Waals surface area contributed by atoms with Gasteiger partial charge in [-0.05, 0) is 58.3 Å². The van der Waals surface area contributed by atoms with E-state index in [-0.39, 0.29) is 0 Å². The van der Waals surface area contributed by atoms with Crippen LogP contribution in [0.5, 0.6) is 0 Å². The average molecular weight is 583 g/mol. The number of nitrogens with zero attached hydrogens (tertiary/aromatic N) is 4. The predicted molar refractivity (Wildman–Crippen MR) is 168 cm³/mol. The molecule has 39 heavy (non-hydrogen) atoms. The van der Waals surface area contributed by atoms with Gasteiger partial charge < -0.3 is 13.7 Å². The van der Waals surface area contributed by atoms with E-state index in [9.17, 15) is 0 Å². The zero-order valence-corrected chi connectivity index (χ0v) is 27.2. The third-order valence-corrected chi connectivity index (χ3v) is 15.3. The summed E-state index contributed by atoms with van der Waals surface area (Å²) in [6, 6.07) is 10.7. The Morgan fingerprint density at radius 3 is 2.41 bits per heavy atom. The fourth-order valence-electron chi connectivity index (χ4n) is 6.07. The molecule has 0 fully saturated rings. The zero-order chi connectivity index (χ0) is 28.2. The van der Waals surface area contributed by atoms with Gasteiger partial charge >= 0.3 is 0 Å². The van der Waals surface area contributed by atoms with E-state index >= 15 is 0 Å². The smallest absolute Gasteiger partial charge is 0.200 e. The summed E-state index contributed by atoms with van der Waals surface area (Å²) in [7, 11) is -0.174. The van der Waals surface area contributed by atoms with Crippen LogP contribution in [-0.4, -0.2) is 47.8 Å². The summed E-state index contributed by atoms with van der Waals surface area (Å²) >= 11 is 3.29. The molecular formula is C30H42N4O2S2Si. The largest absolute Gasteiger partial charge is 0.416 e. The third-order valence-electron chi connectivity index (χ3n) is 7.70. The minimum Gasteiger partial charge on any atom is -0.416 e. The van der Waals surface area contributed by atoms with Crippen LogP contribution in [0, 0.1) is 0 Å². The molecule has 0 N–H and O–H groups in total. The van der Waals surface area contributed by atoms with Crippen LogP contribution in [0.1, 0.15) is 53.8 Å². The Bertz CT molecular complexity index is 1360. The number of hydrogen-bond donors (Lipinski definition) is 0. The first-order chi connectivity index (χ1) is 18.7. The molecule has 0 spiro atoms. The molecular weight excluding hydrogens is 541 g/mol. The topological polar surface area (TPSA) is 62.1 Å². The van der Waals surface area contributed by atoms with Crippen molar-refractivity contribution in [3.8, 4) is 22.6 Å². The molecule has 0 aliphatic rings. The Labute approximate surface area is 242 Å². The summed E-state index contributed by atoms with van der Waals surface area (Å²) in [5.74, 6) is 0.993. The van der Waals surface area contributed by atoms with Crippen LogP contribution < -0.4 is 0 Å². The van der Waals surface area contributed by atoms with Gasteiger partial charge in [0.15, 0.2) is 13.5 Å². The van der Waals surface area contributed by atoms with E-state index in [0.717, 1.165) is 53.1 Å². The Morgan fingerprint density at radius 2 is 1.74 bits per heavy atom. The first kappa shape index (κ1) is 29.9. The second kappa shape index (κ2) is 13.1. The Kier molecular flexibility index (Phi) is 10.0. The van der Waals surface area contributed by atoms with Gasteiger partial charge in [-0.15, -0.1) is 11.3 Å². The fraction of sp³-hybridized carbons (Fsp3) is 0.500. The van der Waals surface area contributed by atoms with Crippen molar-refractivity contribution in [1.82, 2.24) is 19.5 Å². The van der Waals surface area contributed by atoms with Crippen molar-refractivity contribution >= 4 is 41.5 Å². The first-order valence-corrected chi connectivity index (χ1v) is 18.0. The minimum atomic E-state index is -1.91. The summed E-state index contributed by atoms with van der Waals surface area (Å²) in [6.07, 6.45) is 5.53. The van der Waals surface area contributed by atoms with Crippen LogP contribution >= 0.6 is 23.1 Å². The van der Waals surface area contributed by atoms with Crippen LogP contribution in [0.4, 0.5) is 0 Å². The Balaban J connectivity index is 1.72. The maximum atomic E-state index is 6.86. The van der Waals surface area contributed by atoms with Crippen molar-refractivity contribution in [3.05, 3.63) is 47.7 Å². The predicted octanol–water partition coefficient (Wildman–Crippen LogP) is 8.67. The molecule has 0 amide bonds. The van der Waals surface area contributed by atoms with E-state index in [1.54, 1.807) is 30.2 Å². The summed E-state index contributed by atoms with van der Waals surface area (Å²) in [4.78, 5) is 14.5. The molecule has 0 radical (unpaired) electrons. The molecule has 0 saturated heterocycles. The number of methoxy groups -OCH3 is 1. The van der Waals surface area contributed by atoms with Crippen molar-refractivity contribution < 1.29 is 9.16 Å². The summed E-state index contributed by atoms with van der Waals surface area (Å²) in [5, 5.41) is 4.12. The van der Waals surface area contributed by atoms with Crippen LogP contribution in [-0.2, 0) is 22.3 Å². The lowest BCUT2D eigenvalue weighted by Crippen LogP contribution is -2.48. The highest BCUT2D eigenvalue weighted by Crippen LogP contribution is 2.42. The maximum absolute atomic E-state index is 6.86. The molecule has 0 aliphatic heterocycles. The van der Waals surface area contributed by atoms with Crippen molar-refractivity contribution in [3.63, 3.8) is 0 Å². The van der Waals surface area contributed by atoms with E-state index in [2.05, 4.69) is 80.7 Å². The number of hydrogen-bond acceptors (Lipinski definition) is 7. The molecule has 0 saturated carbocycles. The highest BCUT2D eigenvalue weighted by molar-refractivity contribution is 7.98. The van der Waals surface area contributed by atoms with Gasteiger partial charge in [-0.25, -0.2) is 15.0 Å². The number of aromatic nitrogens is 4. The second-order valence-corrected chi connectivity index (χ2v) is 18.1. The van der Waals surface area contributed by atoms with Crippen molar-refractivity contribution in [1.29, 1.82) is 0 Å². The van der Waals surface area contributed by atoms with E-state index in [1.807, 2.05) is 18.5 Å². The van der Waals surface area contributed by atoms with E-state index in [0.29, 0.717) is 23.4 Å². The van der Waals surface area contributed by atoms with E-state index < -0.39 is 8.32 Å². The monoisotopic (exact) mass is 582 g/mol. The molecule has 0 aliphatic carbocycles. The van der Waals surface area contributed by atoms with Gasteiger partial charge in [0.2, 0.25) is 0 Å². The number of benzene rings is 1. The number of ether oxygens (including phenoxy) is 1. The van der Waals surface area contributed by atoms with Crippen molar-refractivity contribution in [2.45, 2.75) is 82.9 Å². The van der Waals surface area contributed by atoms with Gasteiger partial charge in [-0.1, -0.05) is 65.4 Å². The Hall–Kier alpha value is -2.04. The number of imidazole rings is 1. The van der Waals surface area contributed by atoms with E-state index in [1.165, 1.54) is 10.1 Å². The molecule has 3 aromatic heterocycles. The number of rotatable bonds is 13. The van der Waals surface area contributed by atoms with Crippen LogP contribution in [0.25, 0.3) is 32.7 Å². The molecule has 4 rings (SSSR count). The van der Waals surface area contributed by atoms with Gasteiger partial charge in [-0.3, -0.25) is 0 Å². The van der Waals surface area contributed by atoms with Gasteiger partial charge in [-0.2, -0.15) is 0 Å². The summed E-state index contributed by atoms with van der Waals surface area (Å²) in [5.41, 5.74) is 5.55. The van der Waals surface area contributed by atoms with Crippen molar-refractivity contribution in [2.24, 2.45) is 0 Å². The molecule has 1 aromatic carbocycles. The first-order valence-electron chi connectivity index (χ1n) is 13.8. The van der Waals surface area contributed by atoms with Gasteiger partial charge in [0.05, 0.1) is 17.1 Å². The summed E-state index contributed by atoms with van der Waals surface area (Å²) in [6.45, 7) is 15.2. The summed E-state index contributed by atoms with van der Waals surface area (Å²) < 4.78 is 16.0. The third kappa shape index (κ3) is 6.17. The SMILES string of the molecule is COCn1c(CCCO[Si](C(C)C)(C(C)C)C(C)C)nc(-c2ccc3ccsc3c2)c1-c1ccnc(SC)n1. The fourth-order valence-corrected chi connectivity index (χ4v) is 12.8. The van der Waals surface area contributed by atoms with Crippen molar-refractivity contribution in [2.75, 3.05) is 20.0 Å². The number of fused-ring (bicyclic) bond motifs is 1. The number of thioether (sulfide) groups is 1. The average Bonchev–Trinajstić information content (AvgIpc) is 3.52. The zero-order valence-electron chi connectivity index (χ0n) is 24.5.